The number of hydrogen-bond acceptors (Lipinski definition) is 7. The van der Waals surface area contributed by atoms with Crippen LogP contribution in [0.2, 0.25) is 5.02 Å². The Morgan fingerprint density at radius 3 is 2.95 bits per heavy atom. The lowest BCUT2D eigenvalue weighted by molar-refractivity contribution is -0.387. The number of carboxylic acid groups (broad SMARTS) is 1. The molecule has 0 amide bonds. The molecular weight excluding hydrogens is 310 g/mol. The average molecular weight is 316 g/mol. The average Bonchev–Trinajstić information content (AvgIpc) is 2.78. The SMILES string of the molecule is O=C(O)Cn1nnnc1Sc1ccc(Cl)cc1[N+](=O)[O-]. The molecule has 1 heterocycles. The molecule has 0 spiro atoms. The molecule has 0 bridgehead atoms. The van der Waals surface area contributed by atoms with Gasteiger partial charge in [-0.1, -0.05) is 11.6 Å². The number of benzene rings is 1. The van der Waals surface area contributed by atoms with Crippen molar-refractivity contribution in [2.45, 2.75) is 16.6 Å². The van der Waals surface area contributed by atoms with E-state index in [2.05, 4.69) is 15.5 Å². The Kier molecular flexibility index (Phi) is 4.15. The van der Waals surface area contributed by atoms with Crippen LogP contribution in [-0.4, -0.2) is 36.2 Å². The van der Waals surface area contributed by atoms with E-state index < -0.39 is 17.4 Å². The van der Waals surface area contributed by atoms with E-state index in [1.165, 1.54) is 18.2 Å². The van der Waals surface area contributed by atoms with Gasteiger partial charge < -0.3 is 5.11 Å². The molecule has 0 saturated heterocycles. The lowest BCUT2D eigenvalue weighted by Crippen LogP contribution is -2.11. The third-order valence-corrected chi connectivity index (χ3v) is 3.38. The summed E-state index contributed by atoms with van der Waals surface area (Å²) in [6, 6.07) is 4.14. The van der Waals surface area contributed by atoms with Gasteiger partial charge in [0.2, 0.25) is 5.16 Å². The van der Waals surface area contributed by atoms with Crippen molar-refractivity contribution in [2.24, 2.45) is 0 Å². The summed E-state index contributed by atoms with van der Waals surface area (Å²) < 4.78 is 1.03. The molecule has 2 rings (SSSR count). The largest absolute Gasteiger partial charge is 0.480 e. The lowest BCUT2D eigenvalue weighted by Gasteiger charge is -2.03. The highest BCUT2D eigenvalue weighted by atomic mass is 35.5. The van der Waals surface area contributed by atoms with Crippen LogP contribution in [0.4, 0.5) is 5.69 Å². The molecule has 0 atom stereocenters. The Bertz CT molecular complexity index is 676. The number of carbonyl (C=O) groups is 1. The van der Waals surface area contributed by atoms with Gasteiger partial charge in [0.05, 0.1) is 9.82 Å². The zero-order valence-corrected chi connectivity index (χ0v) is 11.2. The topological polar surface area (TPSA) is 124 Å². The van der Waals surface area contributed by atoms with Crippen LogP contribution in [0.1, 0.15) is 0 Å². The van der Waals surface area contributed by atoms with E-state index in [4.69, 9.17) is 16.7 Å². The van der Waals surface area contributed by atoms with Crippen LogP contribution >= 0.6 is 23.4 Å². The molecule has 104 valence electrons. The maximum Gasteiger partial charge on any atom is 0.325 e. The highest BCUT2D eigenvalue weighted by Crippen LogP contribution is 2.35. The van der Waals surface area contributed by atoms with Crippen molar-refractivity contribution in [3.8, 4) is 0 Å². The molecule has 9 nitrogen and oxygen atoms in total. The van der Waals surface area contributed by atoms with Gasteiger partial charge in [0, 0.05) is 11.1 Å². The van der Waals surface area contributed by atoms with Crippen molar-refractivity contribution in [2.75, 3.05) is 0 Å². The summed E-state index contributed by atoms with van der Waals surface area (Å²) in [4.78, 5) is 21.3. The number of aromatic nitrogens is 4. The molecular formula is C9H6ClN5O4S. The summed E-state index contributed by atoms with van der Waals surface area (Å²) in [5.41, 5.74) is -0.202. The van der Waals surface area contributed by atoms with Gasteiger partial charge in [-0.25, -0.2) is 4.68 Å². The first-order chi connectivity index (χ1) is 9.47. The minimum Gasteiger partial charge on any atom is -0.480 e. The first kappa shape index (κ1) is 14.2. The molecule has 2 aromatic rings. The molecule has 0 radical (unpaired) electrons. The van der Waals surface area contributed by atoms with Crippen LogP contribution in [0.5, 0.6) is 0 Å². The number of nitro groups is 1. The predicted molar refractivity (Wildman–Crippen MR) is 67.7 cm³/mol. The third kappa shape index (κ3) is 3.22. The normalized spacial score (nSPS) is 10.4. The number of halogens is 1. The van der Waals surface area contributed by atoms with Gasteiger partial charge in [0.25, 0.3) is 5.69 Å². The summed E-state index contributed by atoms with van der Waals surface area (Å²) in [6.45, 7) is -0.434. The minimum absolute atomic E-state index is 0.137. The zero-order valence-electron chi connectivity index (χ0n) is 9.63. The molecule has 0 aliphatic carbocycles. The summed E-state index contributed by atoms with van der Waals surface area (Å²) >= 11 is 6.60. The van der Waals surface area contributed by atoms with Crippen LogP contribution in [0.15, 0.2) is 28.3 Å². The van der Waals surface area contributed by atoms with Crippen molar-refractivity contribution in [3.63, 3.8) is 0 Å². The fourth-order valence-electron chi connectivity index (χ4n) is 1.31. The molecule has 1 aromatic heterocycles. The fraction of sp³-hybridized carbons (Fsp3) is 0.111. The Labute approximate surface area is 120 Å². The smallest absolute Gasteiger partial charge is 0.325 e. The number of hydrogen-bond donors (Lipinski definition) is 1. The standard InChI is InChI=1S/C9H6ClN5O4S/c10-5-1-2-7(6(3-5)15(18)19)20-9-11-12-13-14(9)4-8(16)17/h1-3H,4H2,(H,16,17). The van der Waals surface area contributed by atoms with Gasteiger partial charge in [0.15, 0.2) is 0 Å². The fourth-order valence-corrected chi connectivity index (χ4v) is 2.34. The van der Waals surface area contributed by atoms with Crippen molar-refractivity contribution in [1.82, 2.24) is 20.2 Å². The number of rotatable bonds is 5. The number of aliphatic carboxylic acids is 1. The van der Waals surface area contributed by atoms with Crippen molar-refractivity contribution in [3.05, 3.63) is 33.3 Å². The van der Waals surface area contributed by atoms with Crippen molar-refractivity contribution >= 4 is 35.0 Å². The maximum atomic E-state index is 10.9. The zero-order chi connectivity index (χ0) is 14.7. The molecule has 0 aliphatic heterocycles. The molecule has 1 N–H and O–H groups in total. The van der Waals surface area contributed by atoms with Gasteiger partial charge in [-0.2, -0.15) is 0 Å². The van der Waals surface area contributed by atoms with Crippen LogP contribution < -0.4 is 0 Å². The molecule has 0 unspecified atom stereocenters. The Morgan fingerprint density at radius 1 is 1.55 bits per heavy atom. The van der Waals surface area contributed by atoms with Crippen molar-refractivity contribution in [1.29, 1.82) is 0 Å². The second kappa shape index (κ2) is 5.84. The van der Waals surface area contributed by atoms with E-state index in [1.807, 2.05) is 0 Å². The summed E-state index contributed by atoms with van der Waals surface area (Å²) in [7, 11) is 0. The van der Waals surface area contributed by atoms with E-state index in [0.29, 0.717) is 0 Å². The van der Waals surface area contributed by atoms with E-state index >= 15 is 0 Å². The highest BCUT2D eigenvalue weighted by Gasteiger charge is 2.19. The first-order valence-corrected chi connectivity index (χ1v) is 6.26. The molecule has 1 aromatic carbocycles. The molecule has 11 heteroatoms. The Morgan fingerprint density at radius 2 is 2.30 bits per heavy atom. The number of nitro benzene ring substituents is 1. The second-order valence-electron chi connectivity index (χ2n) is 3.48. The molecule has 0 fully saturated rings. The van der Waals surface area contributed by atoms with Crippen LogP contribution in [0.25, 0.3) is 0 Å². The maximum absolute atomic E-state index is 10.9. The van der Waals surface area contributed by atoms with E-state index in [-0.39, 0.29) is 20.8 Å². The van der Waals surface area contributed by atoms with Gasteiger partial charge in [-0.3, -0.25) is 14.9 Å². The highest BCUT2D eigenvalue weighted by molar-refractivity contribution is 7.99. The second-order valence-corrected chi connectivity index (χ2v) is 4.93. The van der Waals surface area contributed by atoms with Crippen LogP contribution in [0.3, 0.4) is 0 Å². The van der Waals surface area contributed by atoms with Crippen LogP contribution in [0, 0.1) is 10.1 Å². The van der Waals surface area contributed by atoms with E-state index in [9.17, 15) is 14.9 Å². The van der Waals surface area contributed by atoms with Gasteiger partial charge in [-0.05, 0) is 34.3 Å². The van der Waals surface area contributed by atoms with E-state index in [1.54, 1.807) is 0 Å². The molecule has 20 heavy (non-hydrogen) atoms. The third-order valence-electron chi connectivity index (χ3n) is 2.10. The van der Waals surface area contributed by atoms with E-state index in [0.717, 1.165) is 16.4 Å². The van der Waals surface area contributed by atoms with Gasteiger partial charge in [0.1, 0.15) is 6.54 Å². The van der Waals surface area contributed by atoms with Gasteiger partial charge in [-0.15, -0.1) is 5.10 Å². The predicted octanol–water partition coefficient (Wildman–Crippen LogP) is 1.47. The van der Waals surface area contributed by atoms with Crippen LogP contribution in [-0.2, 0) is 11.3 Å². The molecule has 0 saturated carbocycles. The minimum atomic E-state index is -1.12. The van der Waals surface area contributed by atoms with Crippen molar-refractivity contribution < 1.29 is 14.8 Å². The Balaban J connectivity index is 2.33. The number of nitrogens with zero attached hydrogens (tertiary/aromatic N) is 5. The summed E-state index contributed by atoms with van der Waals surface area (Å²) in [5, 5.41) is 30.5. The number of tetrazole rings is 1. The molecule has 0 aliphatic rings. The van der Waals surface area contributed by atoms with Gasteiger partial charge >= 0.3 is 5.97 Å². The lowest BCUT2D eigenvalue weighted by atomic mass is 10.3. The summed E-state index contributed by atoms with van der Waals surface area (Å²) in [6.07, 6.45) is 0. The first-order valence-electron chi connectivity index (χ1n) is 5.07. The monoisotopic (exact) mass is 315 g/mol. The Hall–Kier alpha value is -2.20. The quantitative estimate of drug-likeness (QED) is 0.649. The number of carboxylic acids is 1. The summed E-state index contributed by atoms with van der Waals surface area (Å²) in [5.74, 6) is -1.12.